The molecule has 0 saturated heterocycles. The molecule has 34 heavy (non-hydrogen) atoms. The van der Waals surface area contributed by atoms with Crippen LogP contribution in [0, 0.1) is 12.8 Å². The summed E-state index contributed by atoms with van der Waals surface area (Å²) >= 11 is 1.35. The average Bonchev–Trinajstić information content (AvgIpc) is 3.27. The maximum atomic E-state index is 13.4. The quantitative estimate of drug-likeness (QED) is 0.423. The van der Waals surface area contributed by atoms with Gasteiger partial charge in [-0.2, -0.15) is 0 Å². The second-order valence-corrected chi connectivity index (χ2v) is 10.2. The number of hydrogen-bond acceptors (Lipinski definition) is 5. The molecule has 2 heterocycles. The summed E-state index contributed by atoms with van der Waals surface area (Å²) in [5, 5.41) is 13.2. The van der Waals surface area contributed by atoms with Gasteiger partial charge in [-0.3, -0.25) is 18.6 Å². The SMILES string of the molecule is Cc1ccc(Cn2c(=O)c3ccccc3n3c(SCC(=O)NC4CCCCC4C)nnc23)cc1. The van der Waals surface area contributed by atoms with Crippen LogP contribution in [0.5, 0.6) is 0 Å². The van der Waals surface area contributed by atoms with Gasteiger partial charge in [0.1, 0.15) is 0 Å². The van der Waals surface area contributed by atoms with Gasteiger partial charge in [-0.1, -0.05) is 73.5 Å². The van der Waals surface area contributed by atoms with Gasteiger partial charge in [0.05, 0.1) is 23.2 Å². The van der Waals surface area contributed by atoms with E-state index in [-0.39, 0.29) is 23.3 Å². The Labute approximate surface area is 202 Å². The predicted octanol–water partition coefficient (Wildman–Crippen LogP) is 4.19. The van der Waals surface area contributed by atoms with Crippen LogP contribution in [0.2, 0.25) is 0 Å². The van der Waals surface area contributed by atoms with E-state index in [2.05, 4.69) is 22.4 Å². The molecule has 1 aliphatic carbocycles. The van der Waals surface area contributed by atoms with E-state index in [9.17, 15) is 9.59 Å². The molecule has 1 saturated carbocycles. The zero-order valence-electron chi connectivity index (χ0n) is 19.5. The Kier molecular flexibility index (Phi) is 6.41. The van der Waals surface area contributed by atoms with Crippen LogP contribution in [-0.2, 0) is 11.3 Å². The number of rotatable bonds is 6. The van der Waals surface area contributed by atoms with E-state index < -0.39 is 0 Å². The highest BCUT2D eigenvalue weighted by Gasteiger charge is 2.23. The first-order valence-electron chi connectivity index (χ1n) is 11.9. The summed E-state index contributed by atoms with van der Waals surface area (Å²) in [5.41, 5.74) is 2.83. The lowest BCUT2D eigenvalue weighted by molar-refractivity contribution is -0.119. The van der Waals surface area contributed by atoms with Crippen LogP contribution in [0.25, 0.3) is 16.7 Å². The molecule has 1 amide bonds. The smallest absolute Gasteiger partial charge is 0.263 e. The summed E-state index contributed by atoms with van der Waals surface area (Å²) in [5.74, 6) is 1.26. The largest absolute Gasteiger partial charge is 0.352 e. The molecule has 1 aliphatic rings. The third-order valence-electron chi connectivity index (χ3n) is 6.73. The highest BCUT2D eigenvalue weighted by molar-refractivity contribution is 7.99. The molecule has 2 atom stereocenters. The van der Waals surface area contributed by atoms with Crippen LogP contribution in [0.15, 0.2) is 58.5 Å². The van der Waals surface area contributed by atoms with Crippen molar-refractivity contribution in [1.82, 2.24) is 24.5 Å². The molecular formula is C26H29N5O2S. The Balaban J connectivity index is 1.46. The third-order valence-corrected chi connectivity index (χ3v) is 7.66. The van der Waals surface area contributed by atoms with Crippen molar-refractivity contribution in [1.29, 1.82) is 0 Å². The maximum Gasteiger partial charge on any atom is 0.263 e. The molecule has 1 N–H and O–H groups in total. The van der Waals surface area contributed by atoms with Crippen molar-refractivity contribution >= 4 is 34.3 Å². The fraction of sp³-hybridized carbons (Fsp3) is 0.385. The zero-order chi connectivity index (χ0) is 23.7. The second kappa shape index (κ2) is 9.62. The number of hydrogen-bond donors (Lipinski definition) is 1. The van der Waals surface area contributed by atoms with E-state index >= 15 is 0 Å². The van der Waals surface area contributed by atoms with Gasteiger partial charge in [-0.25, -0.2) is 0 Å². The predicted molar refractivity (Wildman–Crippen MR) is 135 cm³/mol. The molecule has 176 valence electrons. The molecule has 1 fully saturated rings. The van der Waals surface area contributed by atoms with Gasteiger partial charge in [-0.05, 0) is 43.4 Å². The number of aromatic nitrogens is 4. The van der Waals surface area contributed by atoms with E-state index in [1.54, 1.807) is 4.57 Å². The number of carbonyl (C=O) groups excluding carboxylic acids is 1. The van der Waals surface area contributed by atoms with Gasteiger partial charge < -0.3 is 5.32 Å². The van der Waals surface area contributed by atoms with Crippen molar-refractivity contribution in [3.8, 4) is 0 Å². The van der Waals surface area contributed by atoms with Crippen LogP contribution >= 0.6 is 11.8 Å². The van der Waals surface area contributed by atoms with Crippen LogP contribution in [0.3, 0.4) is 0 Å². The molecule has 0 bridgehead atoms. The second-order valence-electron chi connectivity index (χ2n) is 9.24. The molecule has 4 aromatic rings. The number of benzene rings is 2. The summed E-state index contributed by atoms with van der Waals surface area (Å²) in [7, 11) is 0. The first-order chi connectivity index (χ1) is 16.5. The van der Waals surface area contributed by atoms with Gasteiger partial charge in [0, 0.05) is 6.04 Å². The first kappa shape index (κ1) is 22.7. The van der Waals surface area contributed by atoms with E-state index in [0.717, 1.165) is 23.9 Å². The number of thioether (sulfide) groups is 1. The molecule has 2 unspecified atom stereocenters. The van der Waals surface area contributed by atoms with E-state index in [1.807, 2.05) is 59.9 Å². The highest BCUT2D eigenvalue weighted by Crippen LogP contribution is 2.25. The van der Waals surface area contributed by atoms with Crippen molar-refractivity contribution in [2.75, 3.05) is 5.75 Å². The molecule has 2 aromatic heterocycles. The lowest BCUT2D eigenvalue weighted by Gasteiger charge is -2.29. The fourth-order valence-electron chi connectivity index (χ4n) is 4.75. The minimum absolute atomic E-state index is 0.0118. The lowest BCUT2D eigenvalue weighted by Crippen LogP contribution is -2.41. The summed E-state index contributed by atoms with van der Waals surface area (Å²) in [6, 6.07) is 15.9. The minimum atomic E-state index is -0.100. The number of nitrogens with one attached hydrogen (secondary N) is 1. The van der Waals surface area contributed by atoms with Crippen molar-refractivity contribution in [2.45, 2.75) is 57.3 Å². The molecule has 0 aliphatic heterocycles. The first-order valence-corrected chi connectivity index (χ1v) is 12.8. The van der Waals surface area contributed by atoms with Gasteiger partial charge >= 0.3 is 0 Å². The van der Waals surface area contributed by atoms with Gasteiger partial charge in [0.15, 0.2) is 5.16 Å². The average molecular weight is 476 g/mol. The number of carbonyl (C=O) groups is 1. The fourth-order valence-corrected chi connectivity index (χ4v) is 5.51. The van der Waals surface area contributed by atoms with E-state index in [4.69, 9.17) is 0 Å². The highest BCUT2D eigenvalue weighted by atomic mass is 32.2. The number of para-hydroxylation sites is 1. The van der Waals surface area contributed by atoms with E-state index in [0.29, 0.717) is 28.8 Å². The van der Waals surface area contributed by atoms with Gasteiger partial charge in [0.2, 0.25) is 11.7 Å². The number of aryl methyl sites for hydroxylation is 1. The summed E-state index contributed by atoms with van der Waals surface area (Å²) in [6.45, 7) is 4.65. The van der Waals surface area contributed by atoms with E-state index in [1.165, 1.54) is 30.2 Å². The topological polar surface area (TPSA) is 81.3 Å². The molecule has 0 spiro atoms. The number of nitrogens with zero attached hydrogens (tertiary/aromatic N) is 4. The van der Waals surface area contributed by atoms with Gasteiger partial charge in [0.25, 0.3) is 5.56 Å². The molecule has 0 radical (unpaired) electrons. The Morgan fingerprint density at radius 1 is 1.09 bits per heavy atom. The summed E-state index contributed by atoms with van der Waals surface area (Å²) in [6.07, 6.45) is 4.62. The standard InChI is InChI=1S/C26H29N5O2S/c1-17-11-13-19(14-12-17)15-30-24(33)20-8-4-6-10-22(20)31-25(30)28-29-26(31)34-16-23(32)27-21-9-5-3-7-18(21)2/h4,6,8,10-14,18,21H,3,5,7,9,15-16H2,1-2H3,(H,27,32). The lowest BCUT2D eigenvalue weighted by atomic mass is 9.86. The molecular weight excluding hydrogens is 446 g/mol. The van der Waals surface area contributed by atoms with Crippen LogP contribution in [0.1, 0.15) is 43.7 Å². The summed E-state index contributed by atoms with van der Waals surface area (Å²) < 4.78 is 3.56. The Hall–Kier alpha value is -3.13. The normalized spacial score (nSPS) is 18.4. The molecule has 5 rings (SSSR count). The van der Waals surface area contributed by atoms with Crippen molar-refractivity contribution in [3.63, 3.8) is 0 Å². The Bertz CT molecular complexity index is 1390. The summed E-state index contributed by atoms with van der Waals surface area (Å²) in [4.78, 5) is 26.0. The van der Waals surface area contributed by atoms with Gasteiger partial charge in [-0.15, -0.1) is 10.2 Å². The van der Waals surface area contributed by atoms with Crippen molar-refractivity contribution in [3.05, 3.63) is 70.0 Å². The van der Waals surface area contributed by atoms with Crippen molar-refractivity contribution in [2.24, 2.45) is 5.92 Å². The van der Waals surface area contributed by atoms with Crippen molar-refractivity contribution < 1.29 is 4.79 Å². The number of fused-ring (bicyclic) bond motifs is 3. The monoisotopic (exact) mass is 475 g/mol. The van der Waals surface area contributed by atoms with Crippen LogP contribution < -0.4 is 10.9 Å². The number of amides is 1. The van der Waals surface area contributed by atoms with Crippen LogP contribution in [0.4, 0.5) is 0 Å². The minimum Gasteiger partial charge on any atom is -0.352 e. The molecule has 7 nitrogen and oxygen atoms in total. The van der Waals surface area contributed by atoms with Crippen LogP contribution in [-0.4, -0.2) is 36.9 Å². The third kappa shape index (κ3) is 4.46. The Morgan fingerprint density at radius 3 is 2.65 bits per heavy atom. The molecule has 8 heteroatoms. The Morgan fingerprint density at radius 2 is 1.85 bits per heavy atom. The zero-order valence-corrected chi connectivity index (χ0v) is 20.3. The maximum absolute atomic E-state index is 13.4. The molecule has 2 aromatic carbocycles.